The van der Waals surface area contributed by atoms with Crippen LogP contribution in [-0.2, 0) is 16.0 Å². The first-order chi connectivity index (χ1) is 13.0. The van der Waals surface area contributed by atoms with Crippen molar-refractivity contribution in [2.45, 2.75) is 26.2 Å². The molecule has 1 aliphatic rings. The molecule has 1 fully saturated rings. The van der Waals surface area contributed by atoms with Crippen molar-refractivity contribution in [1.29, 1.82) is 0 Å². The molecule has 1 saturated heterocycles. The molecule has 2 aromatic rings. The highest BCUT2D eigenvalue weighted by molar-refractivity contribution is 5.79. The summed E-state index contributed by atoms with van der Waals surface area (Å²) in [5, 5.41) is 13.1. The number of carbonyl (C=O) groups is 2. The summed E-state index contributed by atoms with van der Waals surface area (Å²) in [6, 6.07) is 7.35. The third-order valence-electron chi connectivity index (χ3n) is 4.88. The molecule has 0 saturated carbocycles. The smallest absolute Gasteiger partial charge is 0.308 e. The molecule has 0 spiro atoms. The lowest BCUT2D eigenvalue weighted by Gasteiger charge is -2.15. The molecule has 1 amide bonds. The number of aromatic nitrogens is 2. The first kappa shape index (κ1) is 18.9. The number of carboxylic acid groups (broad SMARTS) is 1. The van der Waals surface area contributed by atoms with Crippen molar-refractivity contribution in [2.24, 2.45) is 11.8 Å². The van der Waals surface area contributed by atoms with Crippen LogP contribution in [-0.4, -0.2) is 52.2 Å². The summed E-state index contributed by atoms with van der Waals surface area (Å²) in [6.07, 6.45) is 1.41. The Labute approximate surface area is 157 Å². The molecule has 3 rings (SSSR count). The van der Waals surface area contributed by atoms with E-state index in [2.05, 4.69) is 10.1 Å². The molecule has 8 heteroatoms. The van der Waals surface area contributed by atoms with Crippen molar-refractivity contribution in [3.63, 3.8) is 0 Å². The zero-order valence-corrected chi connectivity index (χ0v) is 15.4. The quantitative estimate of drug-likeness (QED) is 0.793. The topological polar surface area (TPSA) is 106 Å². The van der Waals surface area contributed by atoms with Gasteiger partial charge in [-0.2, -0.15) is 4.98 Å². The van der Waals surface area contributed by atoms with Crippen LogP contribution < -0.4 is 4.74 Å². The summed E-state index contributed by atoms with van der Waals surface area (Å²) in [4.78, 5) is 29.4. The van der Waals surface area contributed by atoms with Crippen LogP contribution in [0.5, 0.6) is 5.75 Å². The van der Waals surface area contributed by atoms with Crippen LogP contribution in [0.1, 0.15) is 25.7 Å². The Morgan fingerprint density at radius 3 is 2.67 bits per heavy atom. The second-order valence-electron chi connectivity index (χ2n) is 6.81. The Hall–Kier alpha value is -2.90. The molecule has 0 bridgehead atoms. The van der Waals surface area contributed by atoms with E-state index in [-0.39, 0.29) is 18.4 Å². The van der Waals surface area contributed by atoms with Crippen molar-refractivity contribution in [2.75, 3.05) is 20.2 Å². The molecular formula is C19H23N3O5. The van der Waals surface area contributed by atoms with Crippen molar-refractivity contribution in [1.82, 2.24) is 15.0 Å². The van der Waals surface area contributed by atoms with E-state index >= 15 is 0 Å². The van der Waals surface area contributed by atoms with E-state index in [4.69, 9.17) is 14.4 Å². The number of aliphatic carboxylic acids is 1. The van der Waals surface area contributed by atoms with E-state index in [0.717, 1.165) is 11.3 Å². The summed E-state index contributed by atoms with van der Waals surface area (Å²) >= 11 is 0. The van der Waals surface area contributed by atoms with Crippen LogP contribution >= 0.6 is 0 Å². The minimum absolute atomic E-state index is 0.0190. The lowest BCUT2D eigenvalue weighted by atomic mass is 9.99. The predicted octanol–water partition coefficient (Wildman–Crippen LogP) is 2.25. The lowest BCUT2D eigenvalue weighted by molar-refractivity contribution is -0.142. The number of hydrogen-bond donors (Lipinski definition) is 1. The normalized spacial score (nSPS) is 19.3. The largest absolute Gasteiger partial charge is 0.497 e. The fraction of sp³-hybridized carbons (Fsp3) is 0.474. The molecule has 1 aliphatic heterocycles. The fourth-order valence-corrected chi connectivity index (χ4v) is 3.25. The minimum Gasteiger partial charge on any atom is -0.497 e. The minimum atomic E-state index is -0.838. The highest BCUT2D eigenvalue weighted by Crippen LogP contribution is 2.24. The van der Waals surface area contributed by atoms with Gasteiger partial charge in [-0.1, -0.05) is 12.1 Å². The number of ether oxygens (including phenoxy) is 1. The van der Waals surface area contributed by atoms with Gasteiger partial charge in [-0.15, -0.1) is 0 Å². The van der Waals surface area contributed by atoms with Crippen molar-refractivity contribution in [3.8, 4) is 17.1 Å². The van der Waals surface area contributed by atoms with Gasteiger partial charge in [0.25, 0.3) is 0 Å². The van der Waals surface area contributed by atoms with Gasteiger partial charge in [0.05, 0.1) is 13.0 Å². The number of carbonyl (C=O) groups excluding carboxylic acids is 1. The first-order valence-corrected chi connectivity index (χ1v) is 8.95. The van der Waals surface area contributed by atoms with Crippen molar-refractivity contribution < 1.29 is 24.0 Å². The van der Waals surface area contributed by atoms with Crippen LogP contribution in [0.15, 0.2) is 28.8 Å². The zero-order chi connectivity index (χ0) is 19.4. The second kappa shape index (κ2) is 8.20. The highest BCUT2D eigenvalue weighted by atomic mass is 16.5. The van der Waals surface area contributed by atoms with E-state index < -0.39 is 11.9 Å². The third-order valence-corrected chi connectivity index (χ3v) is 4.88. The van der Waals surface area contributed by atoms with E-state index in [1.165, 1.54) is 0 Å². The van der Waals surface area contributed by atoms with Crippen LogP contribution in [0.4, 0.5) is 0 Å². The van der Waals surface area contributed by atoms with Crippen LogP contribution in [0.2, 0.25) is 0 Å². The fourth-order valence-electron chi connectivity index (χ4n) is 3.25. The van der Waals surface area contributed by atoms with E-state index in [1.54, 1.807) is 12.0 Å². The van der Waals surface area contributed by atoms with Crippen molar-refractivity contribution >= 4 is 11.9 Å². The molecule has 144 valence electrons. The molecule has 0 aliphatic carbocycles. The van der Waals surface area contributed by atoms with Gasteiger partial charge in [-0.25, -0.2) is 0 Å². The number of amides is 1. The molecule has 8 nitrogen and oxygen atoms in total. The lowest BCUT2D eigenvalue weighted by Crippen LogP contribution is -2.29. The number of aryl methyl sites for hydroxylation is 1. The average molecular weight is 373 g/mol. The van der Waals surface area contributed by atoms with E-state index in [0.29, 0.717) is 37.5 Å². The summed E-state index contributed by atoms with van der Waals surface area (Å²) in [5.74, 6) is 0.368. The van der Waals surface area contributed by atoms with Gasteiger partial charge in [0.2, 0.25) is 17.6 Å². The maximum absolute atomic E-state index is 12.3. The SMILES string of the molecule is COc1ccc(-c2noc(CCCC(=O)N3C[C@@H](C)[C@H](C(=O)O)C3)n2)cc1. The number of carboxylic acids is 1. The Morgan fingerprint density at radius 1 is 1.30 bits per heavy atom. The average Bonchev–Trinajstić information content (AvgIpc) is 3.28. The number of benzene rings is 1. The van der Waals surface area contributed by atoms with E-state index in [1.807, 2.05) is 31.2 Å². The number of methoxy groups -OCH3 is 1. The number of rotatable bonds is 7. The maximum atomic E-state index is 12.3. The molecule has 2 heterocycles. The number of nitrogens with zero attached hydrogens (tertiary/aromatic N) is 3. The Bertz CT molecular complexity index is 802. The van der Waals surface area contributed by atoms with Gasteiger partial charge in [0, 0.05) is 31.5 Å². The Kier molecular flexibility index (Phi) is 5.73. The zero-order valence-electron chi connectivity index (χ0n) is 15.4. The number of likely N-dealkylation sites (tertiary alicyclic amines) is 1. The maximum Gasteiger partial charge on any atom is 0.308 e. The van der Waals surface area contributed by atoms with Gasteiger partial charge < -0.3 is 19.3 Å². The Balaban J connectivity index is 1.49. The second-order valence-corrected chi connectivity index (χ2v) is 6.81. The molecule has 0 unspecified atom stereocenters. The Morgan fingerprint density at radius 2 is 2.04 bits per heavy atom. The summed E-state index contributed by atoms with van der Waals surface area (Å²) in [6.45, 7) is 2.65. The molecule has 1 aromatic heterocycles. The molecule has 0 radical (unpaired) electrons. The van der Waals surface area contributed by atoms with Crippen LogP contribution in [0, 0.1) is 11.8 Å². The van der Waals surface area contributed by atoms with Gasteiger partial charge in [-0.05, 0) is 36.6 Å². The van der Waals surface area contributed by atoms with Crippen molar-refractivity contribution in [3.05, 3.63) is 30.2 Å². The van der Waals surface area contributed by atoms with Gasteiger partial charge >= 0.3 is 5.97 Å². The first-order valence-electron chi connectivity index (χ1n) is 8.95. The van der Waals surface area contributed by atoms with Gasteiger partial charge in [-0.3, -0.25) is 9.59 Å². The summed E-state index contributed by atoms with van der Waals surface area (Å²) in [5.41, 5.74) is 0.827. The van der Waals surface area contributed by atoms with Crippen LogP contribution in [0.3, 0.4) is 0 Å². The summed E-state index contributed by atoms with van der Waals surface area (Å²) in [7, 11) is 1.60. The number of hydrogen-bond acceptors (Lipinski definition) is 6. The highest BCUT2D eigenvalue weighted by Gasteiger charge is 2.36. The predicted molar refractivity (Wildman–Crippen MR) is 96.1 cm³/mol. The molecule has 1 aromatic carbocycles. The molecule has 27 heavy (non-hydrogen) atoms. The van der Waals surface area contributed by atoms with Crippen LogP contribution in [0.25, 0.3) is 11.4 Å². The standard InChI is InChI=1S/C19H23N3O5/c1-12-10-22(11-15(12)19(24)25)17(23)5-3-4-16-20-18(21-27-16)13-6-8-14(26-2)9-7-13/h6-9,12,15H,3-5,10-11H2,1-2H3,(H,24,25)/t12-,15-/m1/s1. The molecule has 1 N–H and O–H groups in total. The third kappa shape index (κ3) is 4.45. The molecule has 2 atom stereocenters. The van der Waals surface area contributed by atoms with Gasteiger partial charge in [0.1, 0.15) is 5.75 Å². The van der Waals surface area contributed by atoms with E-state index in [9.17, 15) is 9.59 Å². The monoisotopic (exact) mass is 373 g/mol. The molecular weight excluding hydrogens is 350 g/mol. The van der Waals surface area contributed by atoms with Gasteiger partial charge in [0.15, 0.2) is 0 Å². The summed E-state index contributed by atoms with van der Waals surface area (Å²) < 4.78 is 10.4.